The van der Waals surface area contributed by atoms with Gasteiger partial charge in [-0.25, -0.2) is 8.42 Å². The third-order valence-electron chi connectivity index (χ3n) is 4.18. The standard InChI is InChI=1S/C20H23N3O2S2/c1-15-9-10-18(16(2)13-15)23-19(14-17-7-5-4-6-8-17)21-22-20(23)26-11-12-27(3,24)25/h4-10,13H,11-12,14H2,1-3H3. The van der Waals surface area contributed by atoms with Crippen LogP contribution in [0.1, 0.15) is 22.5 Å². The third-order valence-corrected chi connectivity index (χ3v) is 6.32. The van der Waals surface area contributed by atoms with Crippen LogP contribution in [0.2, 0.25) is 0 Å². The maximum atomic E-state index is 11.5. The van der Waals surface area contributed by atoms with Crippen molar-refractivity contribution in [2.75, 3.05) is 17.8 Å². The Kier molecular flexibility index (Phi) is 6.01. The van der Waals surface area contributed by atoms with Crippen LogP contribution in [0, 0.1) is 13.8 Å². The zero-order valence-corrected chi connectivity index (χ0v) is 17.3. The van der Waals surface area contributed by atoms with E-state index in [9.17, 15) is 8.42 Å². The maximum Gasteiger partial charge on any atom is 0.195 e. The molecule has 142 valence electrons. The molecule has 1 aromatic heterocycles. The summed E-state index contributed by atoms with van der Waals surface area (Å²) < 4.78 is 25.0. The molecule has 0 radical (unpaired) electrons. The van der Waals surface area contributed by atoms with Crippen LogP contribution in [-0.4, -0.2) is 40.9 Å². The van der Waals surface area contributed by atoms with Crippen LogP contribution in [-0.2, 0) is 16.3 Å². The molecule has 0 saturated heterocycles. The summed E-state index contributed by atoms with van der Waals surface area (Å²) in [6.45, 7) is 4.13. The SMILES string of the molecule is Cc1ccc(-n2c(Cc3ccccc3)nnc2SCCS(C)(=O)=O)c(C)c1. The first-order chi connectivity index (χ1) is 12.8. The van der Waals surface area contributed by atoms with E-state index in [1.165, 1.54) is 23.6 Å². The fourth-order valence-corrected chi connectivity index (χ4v) is 5.03. The Labute approximate surface area is 164 Å². The molecule has 0 atom stereocenters. The minimum atomic E-state index is -3.01. The van der Waals surface area contributed by atoms with Gasteiger partial charge in [0.05, 0.1) is 11.4 Å². The summed E-state index contributed by atoms with van der Waals surface area (Å²) in [6, 6.07) is 16.4. The lowest BCUT2D eigenvalue weighted by Crippen LogP contribution is -2.08. The number of thioether (sulfide) groups is 1. The molecule has 5 nitrogen and oxygen atoms in total. The summed E-state index contributed by atoms with van der Waals surface area (Å²) in [7, 11) is -3.01. The first kappa shape index (κ1) is 19.6. The van der Waals surface area contributed by atoms with Crippen LogP contribution in [0.15, 0.2) is 53.7 Å². The van der Waals surface area contributed by atoms with Gasteiger partial charge in [0.2, 0.25) is 0 Å². The summed E-state index contributed by atoms with van der Waals surface area (Å²) >= 11 is 1.42. The number of sulfone groups is 1. The van der Waals surface area contributed by atoms with Crippen LogP contribution in [0.25, 0.3) is 5.69 Å². The van der Waals surface area contributed by atoms with Gasteiger partial charge in [0.1, 0.15) is 15.7 Å². The van der Waals surface area contributed by atoms with E-state index in [4.69, 9.17) is 0 Å². The fourth-order valence-electron chi connectivity index (χ4n) is 2.87. The van der Waals surface area contributed by atoms with E-state index in [1.807, 2.05) is 18.2 Å². The fraction of sp³-hybridized carbons (Fsp3) is 0.300. The molecule has 0 unspecified atom stereocenters. The van der Waals surface area contributed by atoms with E-state index in [0.717, 1.165) is 27.8 Å². The predicted molar refractivity (Wildman–Crippen MR) is 111 cm³/mol. The smallest absolute Gasteiger partial charge is 0.195 e. The van der Waals surface area contributed by atoms with E-state index in [2.05, 4.69) is 58.9 Å². The summed E-state index contributed by atoms with van der Waals surface area (Å²) in [5, 5.41) is 9.48. The molecule has 1 heterocycles. The van der Waals surface area contributed by atoms with Crippen molar-refractivity contribution in [2.45, 2.75) is 25.4 Å². The normalized spacial score (nSPS) is 11.7. The number of aryl methyl sites for hydroxylation is 2. The molecule has 0 saturated carbocycles. The van der Waals surface area contributed by atoms with Crippen LogP contribution >= 0.6 is 11.8 Å². The van der Waals surface area contributed by atoms with Gasteiger partial charge in [-0.1, -0.05) is 59.8 Å². The second kappa shape index (κ2) is 8.27. The van der Waals surface area contributed by atoms with Gasteiger partial charge in [-0.15, -0.1) is 10.2 Å². The minimum Gasteiger partial charge on any atom is -0.273 e. The molecule has 3 rings (SSSR count). The quantitative estimate of drug-likeness (QED) is 0.566. The lowest BCUT2D eigenvalue weighted by Gasteiger charge is -2.13. The zero-order valence-electron chi connectivity index (χ0n) is 15.7. The Bertz CT molecular complexity index is 1030. The van der Waals surface area contributed by atoms with Crippen LogP contribution in [0.4, 0.5) is 0 Å². The van der Waals surface area contributed by atoms with Gasteiger partial charge in [0.15, 0.2) is 5.16 Å². The van der Waals surface area contributed by atoms with Crippen LogP contribution in [0.5, 0.6) is 0 Å². The van der Waals surface area contributed by atoms with Crippen molar-refractivity contribution in [3.05, 3.63) is 71.0 Å². The first-order valence-electron chi connectivity index (χ1n) is 8.70. The Balaban J connectivity index is 1.98. The Morgan fingerprint density at radius 1 is 1.04 bits per heavy atom. The number of hydrogen-bond donors (Lipinski definition) is 0. The van der Waals surface area contributed by atoms with E-state index in [0.29, 0.717) is 12.2 Å². The highest BCUT2D eigenvalue weighted by molar-refractivity contribution is 8.00. The lowest BCUT2D eigenvalue weighted by atomic mass is 10.1. The van der Waals surface area contributed by atoms with Crippen LogP contribution in [0.3, 0.4) is 0 Å². The highest BCUT2D eigenvalue weighted by atomic mass is 32.2. The Hall–Kier alpha value is -2.12. The number of benzene rings is 2. The number of hydrogen-bond acceptors (Lipinski definition) is 5. The average molecular weight is 402 g/mol. The molecule has 0 aliphatic rings. The van der Waals surface area contributed by atoms with Crippen molar-refractivity contribution in [3.8, 4) is 5.69 Å². The number of rotatable bonds is 7. The topological polar surface area (TPSA) is 64.8 Å². The van der Waals surface area contributed by atoms with Crippen molar-refractivity contribution in [3.63, 3.8) is 0 Å². The zero-order chi connectivity index (χ0) is 19.4. The van der Waals surface area contributed by atoms with Gasteiger partial charge in [0.25, 0.3) is 0 Å². The van der Waals surface area contributed by atoms with Crippen molar-refractivity contribution >= 4 is 21.6 Å². The molecule has 0 aliphatic heterocycles. The second-order valence-corrected chi connectivity index (χ2v) is 9.99. The molecule has 7 heteroatoms. The lowest BCUT2D eigenvalue weighted by molar-refractivity contribution is 0.603. The Morgan fingerprint density at radius 3 is 2.44 bits per heavy atom. The van der Waals surface area contributed by atoms with E-state index < -0.39 is 9.84 Å². The third kappa shape index (κ3) is 5.20. The molecular weight excluding hydrogens is 378 g/mol. The van der Waals surface area contributed by atoms with E-state index in [-0.39, 0.29) is 5.75 Å². The molecule has 0 amide bonds. The summed E-state index contributed by atoms with van der Waals surface area (Å²) in [4.78, 5) is 0. The van der Waals surface area contributed by atoms with Crippen LogP contribution < -0.4 is 0 Å². The van der Waals surface area contributed by atoms with Crippen molar-refractivity contribution in [2.24, 2.45) is 0 Å². The largest absolute Gasteiger partial charge is 0.273 e. The van der Waals surface area contributed by atoms with Gasteiger partial charge >= 0.3 is 0 Å². The van der Waals surface area contributed by atoms with E-state index in [1.54, 1.807) is 0 Å². The van der Waals surface area contributed by atoms with E-state index >= 15 is 0 Å². The maximum absolute atomic E-state index is 11.5. The predicted octanol–water partition coefficient (Wildman–Crippen LogP) is 3.61. The molecule has 0 spiro atoms. The molecule has 3 aromatic rings. The van der Waals surface area contributed by atoms with Gasteiger partial charge < -0.3 is 0 Å². The van der Waals surface area contributed by atoms with Crippen molar-refractivity contribution in [1.29, 1.82) is 0 Å². The monoisotopic (exact) mass is 401 g/mol. The molecule has 0 bridgehead atoms. The highest BCUT2D eigenvalue weighted by Crippen LogP contribution is 2.26. The molecule has 27 heavy (non-hydrogen) atoms. The highest BCUT2D eigenvalue weighted by Gasteiger charge is 2.17. The molecular formula is C20H23N3O2S2. The average Bonchev–Trinajstić information content (AvgIpc) is 2.97. The summed E-state index contributed by atoms with van der Waals surface area (Å²) in [6.07, 6.45) is 1.91. The summed E-state index contributed by atoms with van der Waals surface area (Å²) in [5.74, 6) is 1.41. The molecule has 0 aliphatic carbocycles. The minimum absolute atomic E-state index is 0.116. The molecule has 0 fully saturated rings. The van der Waals surface area contributed by atoms with Gasteiger partial charge in [0, 0.05) is 18.4 Å². The van der Waals surface area contributed by atoms with Crippen molar-refractivity contribution in [1.82, 2.24) is 14.8 Å². The van der Waals surface area contributed by atoms with Gasteiger partial charge in [-0.3, -0.25) is 4.57 Å². The van der Waals surface area contributed by atoms with Gasteiger partial charge in [-0.2, -0.15) is 0 Å². The molecule has 0 N–H and O–H groups in total. The molecule has 2 aromatic carbocycles. The van der Waals surface area contributed by atoms with Crippen molar-refractivity contribution < 1.29 is 8.42 Å². The number of aromatic nitrogens is 3. The summed E-state index contributed by atoms with van der Waals surface area (Å²) in [5.41, 5.74) is 4.51. The number of nitrogens with zero attached hydrogens (tertiary/aromatic N) is 3. The second-order valence-electron chi connectivity index (χ2n) is 6.66. The Morgan fingerprint density at radius 2 is 1.78 bits per heavy atom. The first-order valence-corrected chi connectivity index (χ1v) is 11.7. The van der Waals surface area contributed by atoms with Gasteiger partial charge in [-0.05, 0) is 31.0 Å².